The third kappa shape index (κ3) is 4.77. The predicted molar refractivity (Wildman–Crippen MR) is 76.8 cm³/mol. The van der Waals surface area contributed by atoms with Crippen LogP contribution in [0.3, 0.4) is 0 Å². The maximum Gasteiger partial charge on any atom is 0.296 e. The van der Waals surface area contributed by atoms with E-state index < -0.39 is 0 Å². The summed E-state index contributed by atoms with van der Waals surface area (Å²) in [5, 5.41) is 14.2. The van der Waals surface area contributed by atoms with Crippen molar-refractivity contribution in [3.05, 3.63) is 28.3 Å². The molecule has 5 nitrogen and oxygen atoms in total. The molecule has 1 N–H and O–H groups in total. The van der Waals surface area contributed by atoms with E-state index in [0.29, 0.717) is 17.4 Å². The molecule has 0 saturated heterocycles. The Kier molecular flexibility index (Phi) is 5.60. The fourth-order valence-corrected chi connectivity index (χ4v) is 1.83. The van der Waals surface area contributed by atoms with Crippen LogP contribution in [0.1, 0.15) is 33.6 Å². The third-order valence-electron chi connectivity index (χ3n) is 2.98. The van der Waals surface area contributed by atoms with Crippen molar-refractivity contribution in [2.24, 2.45) is 5.92 Å². The first-order chi connectivity index (χ1) is 8.93. The molecule has 0 aliphatic carbocycles. The van der Waals surface area contributed by atoms with Gasteiger partial charge >= 0.3 is 0 Å². The average Bonchev–Trinajstić information content (AvgIpc) is 2.36. The zero-order valence-electron chi connectivity index (χ0n) is 12.0. The molecule has 0 amide bonds. The summed E-state index contributed by atoms with van der Waals surface area (Å²) in [6.45, 7) is 6.38. The lowest BCUT2D eigenvalue weighted by atomic mass is 10.0. The number of nitrogens with zero attached hydrogens (tertiary/aromatic N) is 1. The molecule has 1 atom stereocenters. The number of hydrogen-bond donors (Lipinski definition) is 1. The van der Waals surface area contributed by atoms with Gasteiger partial charge in [0.1, 0.15) is 11.4 Å². The van der Waals surface area contributed by atoms with E-state index in [1.165, 1.54) is 13.2 Å². The first-order valence-electron chi connectivity index (χ1n) is 6.53. The summed E-state index contributed by atoms with van der Waals surface area (Å²) < 4.78 is 5.01. The number of ether oxygens (including phenoxy) is 1. The predicted octanol–water partition coefficient (Wildman–Crippen LogP) is 3.84. The Bertz CT molecular complexity index is 433. The molecule has 5 heteroatoms. The van der Waals surface area contributed by atoms with Crippen LogP contribution in [0.25, 0.3) is 0 Å². The molecule has 0 radical (unpaired) electrons. The monoisotopic (exact) mass is 266 g/mol. The lowest BCUT2D eigenvalue weighted by molar-refractivity contribution is -0.384. The Labute approximate surface area is 114 Å². The zero-order chi connectivity index (χ0) is 14.4. The number of methoxy groups -OCH3 is 1. The van der Waals surface area contributed by atoms with Crippen molar-refractivity contribution < 1.29 is 9.66 Å². The second-order valence-electron chi connectivity index (χ2n) is 5.16. The largest absolute Gasteiger partial charge is 0.496 e. The Morgan fingerprint density at radius 1 is 1.32 bits per heavy atom. The Morgan fingerprint density at radius 2 is 2.00 bits per heavy atom. The molecule has 106 valence electrons. The lowest BCUT2D eigenvalue weighted by Gasteiger charge is -2.16. The van der Waals surface area contributed by atoms with Crippen LogP contribution in [0.2, 0.25) is 0 Å². The second-order valence-corrected chi connectivity index (χ2v) is 5.16. The highest BCUT2D eigenvalue weighted by Gasteiger charge is 2.16. The fraction of sp³-hybridized carbons (Fsp3) is 0.571. The standard InChI is InChI=1S/C14H22N2O3/c1-10(2)5-6-11(3)15-13-8-7-12(19-4)9-14(13)16(17)18/h7-11,15H,5-6H2,1-4H3. The van der Waals surface area contributed by atoms with Gasteiger partial charge in [0.05, 0.1) is 18.1 Å². The van der Waals surface area contributed by atoms with Crippen LogP contribution < -0.4 is 10.1 Å². The van der Waals surface area contributed by atoms with Crippen molar-refractivity contribution in [1.29, 1.82) is 0 Å². The van der Waals surface area contributed by atoms with Crippen LogP contribution in [0.15, 0.2) is 18.2 Å². The highest BCUT2D eigenvalue weighted by Crippen LogP contribution is 2.29. The molecular weight excluding hydrogens is 244 g/mol. The Hall–Kier alpha value is -1.78. The molecule has 1 unspecified atom stereocenters. The van der Waals surface area contributed by atoms with Crippen LogP contribution in [-0.2, 0) is 0 Å². The summed E-state index contributed by atoms with van der Waals surface area (Å²) in [4.78, 5) is 10.7. The summed E-state index contributed by atoms with van der Waals surface area (Å²) in [5.41, 5.74) is 0.595. The van der Waals surface area contributed by atoms with Gasteiger partial charge in [-0.1, -0.05) is 13.8 Å². The van der Waals surface area contributed by atoms with Crippen molar-refractivity contribution >= 4 is 11.4 Å². The van der Waals surface area contributed by atoms with Gasteiger partial charge in [-0.25, -0.2) is 0 Å². The number of hydrogen-bond acceptors (Lipinski definition) is 4. The Morgan fingerprint density at radius 3 is 2.53 bits per heavy atom. The van der Waals surface area contributed by atoms with Crippen molar-refractivity contribution in [3.63, 3.8) is 0 Å². The summed E-state index contributed by atoms with van der Waals surface area (Å²) >= 11 is 0. The van der Waals surface area contributed by atoms with Crippen LogP contribution in [0.4, 0.5) is 11.4 Å². The summed E-state index contributed by atoms with van der Waals surface area (Å²) in [6, 6.07) is 5.07. The van der Waals surface area contributed by atoms with Gasteiger partial charge in [0.2, 0.25) is 0 Å². The fourth-order valence-electron chi connectivity index (χ4n) is 1.83. The van der Waals surface area contributed by atoms with Gasteiger partial charge in [0.15, 0.2) is 0 Å². The number of nitrogens with one attached hydrogen (secondary N) is 1. The van der Waals surface area contributed by atoms with Crippen molar-refractivity contribution in [2.75, 3.05) is 12.4 Å². The van der Waals surface area contributed by atoms with E-state index >= 15 is 0 Å². The van der Waals surface area contributed by atoms with Crippen molar-refractivity contribution in [1.82, 2.24) is 0 Å². The molecule has 0 aliphatic rings. The van der Waals surface area contributed by atoms with Gasteiger partial charge in [0, 0.05) is 6.04 Å². The normalized spacial score (nSPS) is 12.3. The highest BCUT2D eigenvalue weighted by molar-refractivity contribution is 5.64. The molecule has 0 aromatic heterocycles. The molecule has 19 heavy (non-hydrogen) atoms. The average molecular weight is 266 g/mol. The molecular formula is C14H22N2O3. The summed E-state index contributed by atoms with van der Waals surface area (Å²) in [6.07, 6.45) is 2.08. The zero-order valence-corrected chi connectivity index (χ0v) is 12.0. The maximum absolute atomic E-state index is 11.0. The van der Waals surface area contributed by atoms with E-state index in [9.17, 15) is 10.1 Å². The van der Waals surface area contributed by atoms with Crippen LogP contribution >= 0.6 is 0 Å². The minimum absolute atomic E-state index is 0.0516. The van der Waals surface area contributed by atoms with Gasteiger partial charge in [-0.05, 0) is 37.8 Å². The third-order valence-corrected chi connectivity index (χ3v) is 2.98. The number of anilines is 1. The molecule has 0 aliphatic heterocycles. The maximum atomic E-state index is 11.0. The van der Waals surface area contributed by atoms with Gasteiger partial charge in [-0.2, -0.15) is 0 Å². The van der Waals surface area contributed by atoms with Crippen LogP contribution in [0, 0.1) is 16.0 Å². The van der Waals surface area contributed by atoms with Gasteiger partial charge in [-0.3, -0.25) is 10.1 Å². The van der Waals surface area contributed by atoms with Crippen molar-refractivity contribution in [2.45, 2.75) is 39.7 Å². The molecule has 0 bridgehead atoms. The minimum atomic E-state index is -0.389. The first-order valence-corrected chi connectivity index (χ1v) is 6.53. The van der Waals surface area contributed by atoms with Crippen LogP contribution in [0.5, 0.6) is 5.75 Å². The smallest absolute Gasteiger partial charge is 0.296 e. The van der Waals surface area contributed by atoms with E-state index in [1.807, 2.05) is 6.92 Å². The molecule has 1 rings (SSSR count). The van der Waals surface area contributed by atoms with E-state index in [1.54, 1.807) is 12.1 Å². The summed E-state index contributed by atoms with van der Waals surface area (Å²) in [5.74, 6) is 1.13. The number of nitro groups is 1. The first kappa shape index (κ1) is 15.3. The van der Waals surface area contributed by atoms with E-state index in [0.717, 1.165) is 12.8 Å². The second kappa shape index (κ2) is 6.97. The molecule has 0 fully saturated rings. The molecule has 0 saturated carbocycles. The van der Waals surface area contributed by atoms with Gasteiger partial charge in [-0.15, -0.1) is 0 Å². The van der Waals surface area contributed by atoms with E-state index in [-0.39, 0.29) is 16.7 Å². The Balaban J connectivity index is 2.79. The molecule has 1 aromatic carbocycles. The quantitative estimate of drug-likeness (QED) is 0.601. The molecule has 0 spiro atoms. The highest BCUT2D eigenvalue weighted by atomic mass is 16.6. The SMILES string of the molecule is COc1ccc(NC(C)CCC(C)C)c([N+](=O)[O-])c1. The van der Waals surface area contributed by atoms with Crippen LogP contribution in [-0.4, -0.2) is 18.1 Å². The topological polar surface area (TPSA) is 64.4 Å². The molecule has 0 heterocycles. The van der Waals surface area contributed by atoms with E-state index in [2.05, 4.69) is 19.2 Å². The van der Waals surface area contributed by atoms with Gasteiger partial charge in [0.25, 0.3) is 5.69 Å². The summed E-state index contributed by atoms with van der Waals surface area (Å²) in [7, 11) is 1.50. The minimum Gasteiger partial charge on any atom is -0.496 e. The van der Waals surface area contributed by atoms with Crippen molar-refractivity contribution in [3.8, 4) is 5.75 Å². The lowest BCUT2D eigenvalue weighted by Crippen LogP contribution is -2.16. The molecule has 1 aromatic rings. The number of nitro benzene ring substituents is 1. The van der Waals surface area contributed by atoms with Gasteiger partial charge < -0.3 is 10.1 Å². The number of benzene rings is 1. The van der Waals surface area contributed by atoms with E-state index in [4.69, 9.17) is 4.74 Å². The number of rotatable bonds is 7.